The summed E-state index contributed by atoms with van der Waals surface area (Å²) in [6.45, 7) is 1.31. The third-order valence-electron chi connectivity index (χ3n) is 4.56. The van der Waals surface area contributed by atoms with E-state index in [2.05, 4.69) is 15.5 Å². The molecule has 0 bridgehead atoms. The number of amides is 2. The summed E-state index contributed by atoms with van der Waals surface area (Å²) >= 11 is 1.30. The van der Waals surface area contributed by atoms with Crippen molar-refractivity contribution in [2.75, 3.05) is 38.7 Å². The highest BCUT2D eigenvalue weighted by Gasteiger charge is 2.16. The minimum absolute atomic E-state index is 0.0585. The lowest BCUT2D eigenvalue weighted by atomic mass is 10.2. The van der Waals surface area contributed by atoms with Crippen molar-refractivity contribution in [2.45, 2.75) is 13.0 Å². The molecule has 3 aromatic rings. The van der Waals surface area contributed by atoms with Gasteiger partial charge in [0.1, 0.15) is 11.6 Å². The first kappa shape index (κ1) is 23.5. The molecular weight excluding hydrogens is 428 g/mol. The Morgan fingerprint density at radius 1 is 1.00 bits per heavy atom. The molecule has 0 spiro atoms. The summed E-state index contributed by atoms with van der Waals surface area (Å²) in [4.78, 5) is 26.5. The second kappa shape index (κ2) is 12.7. The van der Waals surface area contributed by atoms with Crippen LogP contribution in [0.5, 0.6) is 0 Å². The van der Waals surface area contributed by atoms with Crippen LogP contribution in [0.1, 0.15) is 12.0 Å². The molecule has 1 heterocycles. The van der Waals surface area contributed by atoms with E-state index in [0.717, 1.165) is 16.1 Å². The van der Waals surface area contributed by atoms with Gasteiger partial charge in [-0.15, -0.1) is 10.2 Å². The highest BCUT2D eigenvalue weighted by Crippen LogP contribution is 2.25. The summed E-state index contributed by atoms with van der Waals surface area (Å²) in [5, 5.41) is 12.1. The van der Waals surface area contributed by atoms with Gasteiger partial charge in [-0.2, -0.15) is 0 Å². The smallest absolute Gasteiger partial charge is 0.248 e. The highest BCUT2D eigenvalue weighted by molar-refractivity contribution is 7.18. The maximum Gasteiger partial charge on any atom is 0.248 e. The quantitative estimate of drug-likeness (QED) is 0.452. The zero-order valence-corrected chi connectivity index (χ0v) is 18.7. The fourth-order valence-electron chi connectivity index (χ4n) is 2.87. The van der Waals surface area contributed by atoms with Crippen LogP contribution >= 0.6 is 11.3 Å². The number of aromatic nitrogens is 2. The molecule has 8 nitrogen and oxygen atoms in total. The zero-order chi connectivity index (χ0) is 22.6. The minimum atomic E-state index is -0.235. The van der Waals surface area contributed by atoms with Gasteiger partial charge in [-0.05, 0) is 5.56 Å². The van der Waals surface area contributed by atoms with E-state index in [0.29, 0.717) is 24.9 Å². The molecule has 0 aliphatic carbocycles. The largest absolute Gasteiger partial charge is 0.383 e. The molecule has 0 fully saturated rings. The second-order valence-electron chi connectivity index (χ2n) is 6.93. The van der Waals surface area contributed by atoms with E-state index in [-0.39, 0.29) is 31.4 Å². The number of benzene rings is 2. The molecule has 1 aromatic heterocycles. The van der Waals surface area contributed by atoms with Gasteiger partial charge >= 0.3 is 0 Å². The van der Waals surface area contributed by atoms with Crippen LogP contribution in [0, 0.1) is 0 Å². The Kier molecular flexibility index (Phi) is 9.30. The van der Waals surface area contributed by atoms with Crippen LogP contribution in [0.3, 0.4) is 0 Å². The summed E-state index contributed by atoms with van der Waals surface area (Å²) < 4.78 is 10.6. The van der Waals surface area contributed by atoms with Gasteiger partial charge in [-0.25, -0.2) is 0 Å². The number of ether oxygens (including phenoxy) is 2. The molecule has 0 atom stereocenters. The number of nitrogens with zero attached hydrogens (tertiary/aromatic N) is 3. The van der Waals surface area contributed by atoms with Gasteiger partial charge in [-0.3, -0.25) is 9.59 Å². The molecule has 0 saturated heterocycles. The van der Waals surface area contributed by atoms with E-state index in [9.17, 15) is 9.59 Å². The topological polar surface area (TPSA) is 93.6 Å². The van der Waals surface area contributed by atoms with Gasteiger partial charge in [0.25, 0.3) is 0 Å². The second-order valence-corrected chi connectivity index (χ2v) is 7.91. The predicted octanol–water partition coefficient (Wildman–Crippen LogP) is 3.23. The van der Waals surface area contributed by atoms with Crippen LogP contribution < -0.4 is 5.32 Å². The molecule has 0 saturated carbocycles. The van der Waals surface area contributed by atoms with Crippen molar-refractivity contribution in [1.82, 2.24) is 15.1 Å². The van der Waals surface area contributed by atoms with Gasteiger partial charge in [0.05, 0.1) is 13.2 Å². The van der Waals surface area contributed by atoms with Crippen molar-refractivity contribution in [3.8, 4) is 10.6 Å². The van der Waals surface area contributed by atoms with Crippen LogP contribution in [0.4, 0.5) is 5.13 Å². The first-order valence-electron chi connectivity index (χ1n) is 10.2. The third kappa shape index (κ3) is 7.52. The van der Waals surface area contributed by atoms with Crippen LogP contribution in [-0.2, 0) is 25.7 Å². The summed E-state index contributed by atoms with van der Waals surface area (Å²) in [7, 11) is 1.57. The standard InChI is InChI=1S/C23H26N4O4S/c1-30-15-14-27(21(29)17-31-16-18-8-4-2-5-9-18)13-12-20(28)24-23-26-25-22(32-23)19-10-6-3-7-11-19/h2-11H,12-17H2,1H3,(H,24,26,28). The molecule has 9 heteroatoms. The number of carbonyl (C=O) groups is 2. The third-order valence-corrected chi connectivity index (χ3v) is 5.44. The minimum Gasteiger partial charge on any atom is -0.383 e. The van der Waals surface area contributed by atoms with Crippen molar-refractivity contribution >= 4 is 28.3 Å². The Morgan fingerprint density at radius 3 is 2.44 bits per heavy atom. The van der Waals surface area contributed by atoms with Crippen LogP contribution in [0.15, 0.2) is 60.7 Å². The summed E-state index contributed by atoms with van der Waals surface area (Å²) in [5.41, 5.74) is 1.94. The van der Waals surface area contributed by atoms with Gasteiger partial charge in [0.2, 0.25) is 16.9 Å². The maximum absolute atomic E-state index is 12.6. The number of nitrogens with one attached hydrogen (secondary N) is 1. The summed E-state index contributed by atoms with van der Waals surface area (Å²) in [6, 6.07) is 19.3. The van der Waals surface area contributed by atoms with E-state index in [1.165, 1.54) is 11.3 Å². The molecule has 0 aliphatic heterocycles. The van der Waals surface area contributed by atoms with E-state index in [4.69, 9.17) is 9.47 Å². The Hall–Kier alpha value is -3.14. The molecule has 0 unspecified atom stereocenters. The molecule has 32 heavy (non-hydrogen) atoms. The Labute approximate surface area is 191 Å². The normalized spacial score (nSPS) is 10.7. The maximum atomic E-state index is 12.6. The SMILES string of the molecule is COCCN(CCC(=O)Nc1nnc(-c2ccccc2)s1)C(=O)COCc1ccccc1. The molecule has 0 radical (unpaired) electrons. The van der Waals surface area contributed by atoms with Crippen LogP contribution in [-0.4, -0.2) is 60.3 Å². The zero-order valence-electron chi connectivity index (χ0n) is 17.9. The average molecular weight is 455 g/mol. The molecule has 168 valence electrons. The average Bonchev–Trinajstić information content (AvgIpc) is 3.28. The molecule has 0 aliphatic rings. The van der Waals surface area contributed by atoms with Crippen molar-refractivity contribution in [3.05, 3.63) is 66.2 Å². The lowest BCUT2D eigenvalue weighted by molar-refractivity contribution is -0.137. The van der Waals surface area contributed by atoms with Crippen molar-refractivity contribution in [2.24, 2.45) is 0 Å². The predicted molar refractivity (Wildman–Crippen MR) is 123 cm³/mol. The number of hydrogen-bond acceptors (Lipinski definition) is 7. The Morgan fingerprint density at radius 2 is 1.72 bits per heavy atom. The fraction of sp³-hybridized carbons (Fsp3) is 0.304. The Bertz CT molecular complexity index is 982. The first-order chi connectivity index (χ1) is 15.7. The van der Waals surface area contributed by atoms with Crippen LogP contribution in [0.2, 0.25) is 0 Å². The van der Waals surface area contributed by atoms with Crippen molar-refractivity contribution < 1.29 is 19.1 Å². The van der Waals surface area contributed by atoms with E-state index in [1.807, 2.05) is 60.7 Å². The lowest BCUT2D eigenvalue weighted by Crippen LogP contribution is -2.38. The van der Waals surface area contributed by atoms with Crippen molar-refractivity contribution in [3.63, 3.8) is 0 Å². The number of methoxy groups -OCH3 is 1. The number of anilines is 1. The van der Waals surface area contributed by atoms with E-state index in [1.54, 1.807) is 12.0 Å². The molecular formula is C23H26N4O4S. The molecule has 3 rings (SSSR count). The molecule has 2 aromatic carbocycles. The number of carbonyl (C=O) groups excluding carboxylic acids is 2. The van der Waals surface area contributed by atoms with Gasteiger partial charge in [-0.1, -0.05) is 72.0 Å². The monoisotopic (exact) mass is 454 g/mol. The van der Waals surface area contributed by atoms with Gasteiger partial charge in [0.15, 0.2) is 0 Å². The van der Waals surface area contributed by atoms with Crippen LogP contribution in [0.25, 0.3) is 10.6 Å². The first-order valence-corrected chi connectivity index (χ1v) is 11.0. The molecule has 1 N–H and O–H groups in total. The fourth-order valence-corrected chi connectivity index (χ4v) is 3.64. The Balaban J connectivity index is 1.47. The van der Waals surface area contributed by atoms with E-state index < -0.39 is 0 Å². The summed E-state index contributed by atoms with van der Waals surface area (Å²) in [5.74, 6) is -0.422. The lowest BCUT2D eigenvalue weighted by Gasteiger charge is -2.22. The van der Waals surface area contributed by atoms with E-state index >= 15 is 0 Å². The van der Waals surface area contributed by atoms with Gasteiger partial charge in [0, 0.05) is 32.2 Å². The summed E-state index contributed by atoms with van der Waals surface area (Å²) in [6.07, 6.45) is 0.133. The number of rotatable bonds is 12. The van der Waals surface area contributed by atoms with Crippen molar-refractivity contribution in [1.29, 1.82) is 0 Å². The molecule has 2 amide bonds. The number of hydrogen-bond donors (Lipinski definition) is 1. The van der Waals surface area contributed by atoms with Gasteiger partial charge < -0.3 is 19.7 Å². The highest BCUT2D eigenvalue weighted by atomic mass is 32.1.